The summed E-state index contributed by atoms with van der Waals surface area (Å²) in [7, 11) is 1.61. The van der Waals surface area contributed by atoms with E-state index in [1.165, 1.54) is 6.42 Å². The number of anilines is 1. The second-order valence-electron chi connectivity index (χ2n) is 9.27. The van der Waals surface area contributed by atoms with E-state index in [9.17, 15) is 9.59 Å². The maximum atomic E-state index is 13.4. The van der Waals surface area contributed by atoms with E-state index >= 15 is 0 Å². The summed E-state index contributed by atoms with van der Waals surface area (Å²) < 4.78 is 11.3. The summed E-state index contributed by atoms with van der Waals surface area (Å²) >= 11 is 0. The molecule has 0 spiro atoms. The minimum Gasteiger partial charge on any atom is -0.497 e. The first kappa shape index (κ1) is 23.1. The number of methoxy groups -OCH3 is 1. The molecule has 2 aromatic carbocycles. The van der Waals surface area contributed by atoms with Crippen LogP contribution in [-0.4, -0.2) is 55.5 Å². The van der Waals surface area contributed by atoms with E-state index in [1.807, 2.05) is 48.5 Å². The average molecular weight is 452 g/mol. The zero-order chi connectivity index (χ0) is 23.4. The first-order valence-corrected chi connectivity index (χ1v) is 11.6. The molecule has 1 fully saturated rings. The predicted octanol–water partition coefficient (Wildman–Crippen LogP) is 3.54. The number of fused-ring (bicyclic) bond motifs is 1. The fraction of sp³-hybridized carbons (Fsp3) is 0.462. The van der Waals surface area contributed by atoms with Gasteiger partial charge < -0.3 is 19.7 Å². The third-order valence-electron chi connectivity index (χ3n) is 6.62. The fourth-order valence-electron chi connectivity index (χ4n) is 4.59. The van der Waals surface area contributed by atoms with Crippen molar-refractivity contribution in [2.24, 2.45) is 0 Å². The number of ether oxygens (including phenoxy) is 2. The summed E-state index contributed by atoms with van der Waals surface area (Å²) in [6.07, 6.45) is 2.70. The Kier molecular flexibility index (Phi) is 6.88. The minimum atomic E-state index is -0.740. The molecule has 2 aromatic rings. The zero-order valence-corrected chi connectivity index (χ0v) is 19.7. The molecule has 1 saturated heterocycles. The molecule has 7 nitrogen and oxygen atoms in total. The normalized spacial score (nSPS) is 20.0. The van der Waals surface area contributed by atoms with E-state index in [0.29, 0.717) is 25.4 Å². The molecular formula is C26H33N3O4. The van der Waals surface area contributed by atoms with Crippen molar-refractivity contribution in [1.29, 1.82) is 0 Å². The van der Waals surface area contributed by atoms with Crippen molar-refractivity contribution in [3.63, 3.8) is 0 Å². The highest BCUT2D eigenvalue weighted by Gasteiger charge is 2.35. The Balaban J connectivity index is 1.42. The van der Waals surface area contributed by atoms with E-state index in [0.717, 1.165) is 36.4 Å². The number of amides is 2. The number of hydrogen-bond acceptors (Lipinski definition) is 5. The van der Waals surface area contributed by atoms with Gasteiger partial charge in [-0.2, -0.15) is 0 Å². The molecule has 0 bridgehead atoms. The number of rotatable bonds is 7. The van der Waals surface area contributed by atoms with Crippen LogP contribution >= 0.6 is 0 Å². The summed E-state index contributed by atoms with van der Waals surface area (Å²) in [4.78, 5) is 29.9. The lowest BCUT2D eigenvalue weighted by molar-refractivity contribution is -0.127. The van der Waals surface area contributed by atoms with E-state index in [2.05, 4.69) is 24.1 Å². The van der Waals surface area contributed by atoms with Crippen LogP contribution in [0.3, 0.4) is 0 Å². The van der Waals surface area contributed by atoms with Gasteiger partial charge in [-0.1, -0.05) is 30.7 Å². The van der Waals surface area contributed by atoms with Gasteiger partial charge in [0.15, 0.2) is 0 Å². The average Bonchev–Trinajstić information content (AvgIpc) is 2.81. The van der Waals surface area contributed by atoms with Crippen molar-refractivity contribution < 1.29 is 19.1 Å². The van der Waals surface area contributed by atoms with Gasteiger partial charge in [-0.3, -0.25) is 14.5 Å². The highest BCUT2D eigenvalue weighted by molar-refractivity contribution is 6.00. The van der Waals surface area contributed by atoms with Crippen LogP contribution in [0.5, 0.6) is 11.5 Å². The number of piperidine rings is 1. The summed E-state index contributed by atoms with van der Waals surface area (Å²) in [6.45, 7) is 6.47. The Hall–Kier alpha value is -3.06. The molecule has 2 amide bonds. The highest BCUT2D eigenvalue weighted by Crippen LogP contribution is 2.38. The van der Waals surface area contributed by atoms with E-state index in [1.54, 1.807) is 12.0 Å². The molecule has 2 aliphatic rings. The molecule has 4 rings (SSSR count). The van der Waals surface area contributed by atoms with Gasteiger partial charge in [0.25, 0.3) is 5.91 Å². The third-order valence-corrected chi connectivity index (χ3v) is 6.62. The predicted molar refractivity (Wildman–Crippen MR) is 128 cm³/mol. The van der Waals surface area contributed by atoms with Crippen LogP contribution in [0.1, 0.15) is 44.8 Å². The van der Waals surface area contributed by atoms with Crippen molar-refractivity contribution in [2.75, 3.05) is 38.2 Å². The second-order valence-corrected chi connectivity index (χ2v) is 9.27. The van der Waals surface area contributed by atoms with Gasteiger partial charge in [0.05, 0.1) is 19.3 Å². The Bertz CT molecular complexity index is 989. The van der Waals surface area contributed by atoms with Crippen molar-refractivity contribution in [1.82, 2.24) is 10.2 Å². The number of para-hydroxylation sites is 2. The monoisotopic (exact) mass is 451 g/mol. The van der Waals surface area contributed by atoms with Crippen LogP contribution in [0.4, 0.5) is 5.69 Å². The van der Waals surface area contributed by atoms with Gasteiger partial charge in [-0.25, -0.2) is 0 Å². The molecule has 0 radical (unpaired) electrons. The first-order valence-electron chi connectivity index (χ1n) is 11.6. The molecular weight excluding hydrogens is 418 g/mol. The Labute approximate surface area is 195 Å². The zero-order valence-electron chi connectivity index (χ0n) is 19.7. The summed E-state index contributed by atoms with van der Waals surface area (Å²) in [5.41, 5.74) is 1.52. The van der Waals surface area contributed by atoms with Crippen molar-refractivity contribution in [3.05, 3.63) is 54.1 Å². The molecule has 0 aliphatic carbocycles. The molecule has 33 heavy (non-hydrogen) atoms. The molecule has 1 atom stereocenters. The smallest absolute Gasteiger partial charge is 0.272 e. The largest absolute Gasteiger partial charge is 0.497 e. The molecule has 2 aliphatic heterocycles. The standard InChI is InChI=1S/C26H33N3O4/c1-26(2)14-6-7-16-28(26)18-23(30)27-15-17-29-21-8-4-5-9-22(21)33-24(25(29)31)19-10-12-20(32-3)13-11-19/h4-5,8-13,24H,6-7,14-18H2,1-3H3,(H,27,30). The van der Waals surface area contributed by atoms with Crippen molar-refractivity contribution in [2.45, 2.75) is 44.8 Å². The third kappa shape index (κ3) is 5.14. The Morgan fingerprint density at radius 2 is 1.91 bits per heavy atom. The van der Waals surface area contributed by atoms with Crippen LogP contribution in [0.15, 0.2) is 48.5 Å². The topological polar surface area (TPSA) is 71.1 Å². The number of hydrogen-bond donors (Lipinski definition) is 1. The first-order chi connectivity index (χ1) is 15.9. The Morgan fingerprint density at radius 1 is 1.15 bits per heavy atom. The number of likely N-dealkylation sites (tertiary alicyclic amines) is 1. The molecule has 1 unspecified atom stereocenters. The number of nitrogens with one attached hydrogen (secondary N) is 1. The van der Waals surface area contributed by atoms with Gasteiger partial charge >= 0.3 is 0 Å². The van der Waals surface area contributed by atoms with Crippen LogP contribution in [-0.2, 0) is 9.59 Å². The maximum Gasteiger partial charge on any atom is 0.272 e. The van der Waals surface area contributed by atoms with E-state index < -0.39 is 6.10 Å². The molecule has 176 valence electrons. The highest BCUT2D eigenvalue weighted by atomic mass is 16.5. The summed E-state index contributed by atoms with van der Waals surface area (Å²) in [5.74, 6) is 1.22. The molecule has 7 heteroatoms. The van der Waals surface area contributed by atoms with Gasteiger partial charge in [-0.15, -0.1) is 0 Å². The summed E-state index contributed by atoms with van der Waals surface area (Å²) in [6, 6.07) is 14.8. The van der Waals surface area contributed by atoms with Crippen LogP contribution in [0, 0.1) is 0 Å². The molecule has 0 saturated carbocycles. The molecule has 1 N–H and O–H groups in total. The van der Waals surface area contributed by atoms with Gasteiger partial charge in [-0.05, 0) is 57.5 Å². The van der Waals surface area contributed by atoms with Crippen molar-refractivity contribution >= 4 is 17.5 Å². The fourth-order valence-corrected chi connectivity index (χ4v) is 4.59. The van der Waals surface area contributed by atoms with Gasteiger partial charge in [0.2, 0.25) is 12.0 Å². The van der Waals surface area contributed by atoms with Crippen molar-refractivity contribution in [3.8, 4) is 11.5 Å². The number of carbonyl (C=O) groups excluding carboxylic acids is 2. The SMILES string of the molecule is COc1ccc(C2Oc3ccccc3N(CCNC(=O)CN3CCCCC3(C)C)C2=O)cc1. The lowest BCUT2D eigenvalue weighted by Gasteiger charge is -2.42. The van der Waals surface area contributed by atoms with Crippen LogP contribution < -0.4 is 19.7 Å². The number of benzene rings is 2. The van der Waals surface area contributed by atoms with Gasteiger partial charge in [0, 0.05) is 24.2 Å². The Morgan fingerprint density at radius 3 is 2.64 bits per heavy atom. The summed E-state index contributed by atoms with van der Waals surface area (Å²) in [5, 5.41) is 3.00. The lowest BCUT2D eigenvalue weighted by Crippen LogP contribution is -2.52. The molecule has 2 heterocycles. The quantitative estimate of drug-likeness (QED) is 0.697. The minimum absolute atomic E-state index is 0.00864. The van der Waals surface area contributed by atoms with E-state index in [-0.39, 0.29) is 17.4 Å². The molecule has 0 aromatic heterocycles. The maximum absolute atomic E-state index is 13.4. The van der Waals surface area contributed by atoms with Gasteiger partial charge in [0.1, 0.15) is 11.5 Å². The van der Waals surface area contributed by atoms with E-state index in [4.69, 9.17) is 9.47 Å². The number of carbonyl (C=O) groups is 2. The van der Waals surface area contributed by atoms with Crippen LogP contribution in [0.25, 0.3) is 0 Å². The number of nitrogens with zero attached hydrogens (tertiary/aromatic N) is 2. The lowest BCUT2D eigenvalue weighted by atomic mass is 9.90. The van der Waals surface area contributed by atoms with Crippen LogP contribution in [0.2, 0.25) is 0 Å². The second kappa shape index (κ2) is 9.83.